The third kappa shape index (κ3) is 2.79. The fourth-order valence-corrected chi connectivity index (χ4v) is 2.32. The third-order valence-corrected chi connectivity index (χ3v) is 3.33. The Morgan fingerprint density at radius 2 is 2.33 bits per heavy atom. The Hall–Kier alpha value is -2.63. The van der Waals surface area contributed by atoms with Gasteiger partial charge in [-0.2, -0.15) is 0 Å². The van der Waals surface area contributed by atoms with Crippen molar-refractivity contribution in [3.8, 4) is 0 Å². The lowest BCUT2D eigenvalue weighted by atomic mass is 10.2. The highest BCUT2D eigenvalue weighted by Gasteiger charge is 2.15. The van der Waals surface area contributed by atoms with Crippen molar-refractivity contribution in [1.29, 1.82) is 0 Å². The first-order valence-electron chi connectivity index (χ1n) is 6.86. The van der Waals surface area contributed by atoms with Crippen LogP contribution in [0.15, 0.2) is 41.4 Å². The average Bonchev–Trinajstić information content (AvgIpc) is 3.09. The topological polar surface area (TPSA) is 72.4 Å². The summed E-state index contributed by atoms with van der Waals surface area (Å²) < 4.78 is 6.58. The number of hydrogen-bond acceptors (Lipinski definition) is 4. The number of carbonyl (C=O) groups is 1. The summed E-state index contributed by atoms with van der Waals surface area (Å²) in [5.41, 5.74) is 3.15. The van der Waals surface area contributed by atoms with Gasteiger partial charge in [0.1, 0.15) is 17.6 Å². The van der Waals surface area contributed by atoms with E-state index in [2.05, 4.69) is 15.5 Å². The van der Waals surface area contributed by atoms with E-state index in [9.17, 15) is 4.79 Å². The molecule has 3 rings (SSSR count). The van der Waals surface area contributed by atoms with Crippen molar-refractivity contribution < 1.29 is 9.32 Å². The summed E-state index contributed by atoms with van der Waals surface area (Å²) in [6.45, 7) is 2.45. The number of aryl methyl sites for hydroxylation is 2. The van der Waals surface area contributed by atoms with E-state index in [1.807, 2.05) is 35.7 Å². The van der Waals surface area contributed by atoms with Crippen LogP contribution >= 0.6 is 0 Å². The number of pyridine rings is 1. The zero-order valence-corrected chi connectivity index (χ0v) is 11.7. The van der Waals surface area contributed by atoms with Crippen LogP contribution in [0.3, 0.4) is 0 Å². The number of hydrogen-bond donors (Lipinski definition) is 1. The van der Waals surface area contributed by atoms with Crippen LogP contribution < -0.4 is 5.32 Å². The molecule has 3 aromatic rings. The predicted molar refractivity (Wildman–Crippen MR) is 77.1 cm³/mol. The van der Waals surface area contributed by atoms with Crippen molar-refractivity contribution in [1.82, 2.24) is 19.9 Å². The van der Waals surface area contributed by atoms with Crippen LogP contribution in [0.2, 0.25) is 0 Å². The normalized spacial score (nSPS) is 10.9. The summed E-state index contributed by atoms with van der Waals surface area (Å²) in [6, 6.07) is 5.68. The molecule has 0 fully saturated rings. The molecule has 0 saturated carbocycles. The van der Waals surface area contributed by atoms with Crippen molar-refractivity contribution >= 4 is 11.6 Å². The molecule has 0 spiro atoms. The number of nitrogens with zero attached hydrogens (tertiary/aromatic N) is 3. The van der Waals surface area contributed by atoms with Gasteiger partial charge in [-0.05, 0) is 31.9 Å². The minimum atomic E-state index is -0.100. The Kier molecular flexibility index (Phi) is 3.68. The van der Waals surface area contributed by atoms with Crippen molar-refractivity contribution in [2.45, 2.75) is 19.8 Å². The minimum absolute atomic E-state index is 0.100. The van der Waals surface area contributed by atoms with E-state index in [0.29, 0.717) is 12.2 Å². The van der Waals surface area contributed by atoms with Gasteiger partial charge >= 0.3 is 0 Å². The Labute approximate surface area is 121 Å². The van der Waals surface area contributed by atoms with Gasteiger partial charge in [-0.3, -0.25) is 9.20 Å². The summed E-state index contributed by atoms with van der Waals surface area (Å²) in [6.07, 6.45) is 6.83. The molecule has 0 aliphatic carbocycles. The molecule has 3 heterocycles. The SMILES string of the molecule is Cc1nc2ccccn2c1C(=O)NCCCc1cnoc1. The first-order valence-corrected chi connectivity index (χ1v) is 6.86. The lowest BCUT2D eigenvalue weighted by Crippen LogP contribution is -2.26. The summed E-state index contributed by atoms with van der Waals surface area (Å²) in [5, 5.41) is 6.58. The van der Waals surface area contributed by atoms with Crippen molar-refractivity contribution in [2.24, 2.45) is 0 Å². The summed E-state index contributed by atoms with van der Waals surface area (Å²) in [4.78, 5) is 16.7. The van der Waals surface area contributed by atoms with Crippen LogP contribution in [-0.4, -0.2) is 27.0 Å². The van der Waals surface area contributed by atoms with Gasteiger partial charge in [0.25, 0.3) is 5.91 Å². The number of fused-ring (bicyclic) bond motifs is 1. The average molecular weight is 284 g/mol. The molecule has 0 aliphatic heterocycles. The molecule has 0 aliphatic rings. The number of amides is 1. The minimum Gasteiger partial charge on any atom is -0.364 e. The smallest absolute Gasteiger partial charge is 0.270 e. The van der Waals surface area contributed by atoms with Crippen LogP contribution in [-0.2, 0) is 6.42 Å². The molecule has 0 radical (unpaired) electrons. The van der Waals surface area contributed by atoms with Gasteiger partial charge < -0.3 is 9.84 Å². The van der Waals surface area contributed by atoms with E-state index in [1.165, 1.54) is 0 Å². The lowest BCUT2D eigenvalue weighted by molar-refractivity contribution is 0.0946. The van der Waals surface area contributed by atoms with E-state index in [1.54, 1.807) is 12.5 Å². The second-order valence-electron chi connectivity index (χ2n) is 4.87. The summed E-state index contributed by atoms with van der Waals surface area (Å²) in [7, 11) is 0. The highest BCUT2D eigenvalue weighted by molar-refractivity contribution is 5.94. The van der Waals surface area contributed by atoms with Gasteiger partial charge in [-0.15, -0.1) is 0 Å². The number of imidazole rings is 1. The van der Waals surface area contributed by atoms with Gasteiger partial charge in [0.2, 0.25) is 0 Å². The molecule has 0 saturated heterocycles. The van der Waals surface area contributed by atoms with Gasteiger partial charge in [0, 0.05) is 18.3 Å². The molecular formula is C15H16N4O2. The number of nitrogens with one attached hydrogen (secondary N) is 1. The maximum absolute atomic E-state index is 12.3. The van der Waals surface area contributed by atoms with E-state index in [0.717, 1.165) is 29.7 Å². The number of aromatic nitrogens is 3. The van der Waals surface area contributed by atoms with Gasteiger partial charge in [0.15, 0.2) is 0 Å². The predicted octanol–water partition coefficient (Wildman–Crippen LogP) is 1.99. The van der Waals surface area contributed by atoms with Crippen molar-refractivity contribution in [3.63, 3.8) is 0 Å². The number of carbonyl (C=O) groups excluding carboxylic acids is 1. The van der Waals surface area contributed by atoms with Crippen LogP contribution in [0.25, 0.3) is 5.65 Å². The largest absolute Gasteiger partial charge is 0.364 e. The molecule has 3 aromatic heterocycles. The molecule has 108 valence electrons. The molecule has 1 N–H and O–H groups in total. The monoisotopic (exact) mass is 284 g/mol. The second-order valence-corrected chi connectivity index (χ2v) is 4.87. The maximum atomic E-state index is 12.3. The molecule has 0 aromatic carbocycles. The number of rotatable bonds is 5. The highest BCUT2D eigenvalue weighted by Crippen LogP contribution is 2.11. The Bertz CT molecular complexity index is 746. The fourth-order valence-electron chi connectivity index (χ4n) is 2.32. The third-order valence-electron chi connectivity index (χ3n) is 3.33. The Balaban J connectivity index is 1.63. The van der Waals surface area contributed by atoms with E-state index in [-0.39, 0.29) is 5.91 Å². The van der Waals surface area contributed by atoms with Crippen LogP contribution in [0.4, 0.5) is 0 Å². The highest BCUT2D eigenvalue weighted by atomic mass is 16.5. The van der Waals surface area contributed by atoms with Crippen LogP contribution in [0, 0.1) is 6.92 Å². The first-order chi connectivity index (χ1) is 10.3. The standard InChI is InChI=1S/C15H16N4O2/c1-11-14(19-8-3-2-6-13(19)18-11)15(20)16-7-4-5-12-9-17-21-10-12/h2-3,6,8-10H,4-5,7H2,1H3,(H,16,20). The molecule has 0 unspecified atom stereocenters. The zero-order chi connectivity index (χ0) is 14.7. The molecule has 6 nitrogen and oxygen atoms in total. The molecule has 1 amide bonds. The maximum Gasteiger partial charge on any atom is 0.270 e. The molecule has 6 heteroatoms. The first kappa shape index (κ1) is 13.4. The van der Waals surface area contributed by atoms with Crippen LogP contribution in [0.5, 0.6) is 0 Å². The Morgan fingerprint density at radius 1 is 1.43 bits per heavy atom. The van der Waals surface area contributed by atoms with Gasteiger partial charge in [-0.25, -0.2) is 4.98 Å². The molecule has 0 atom stereocenters. The second kappa shape index (κ2) is 5.78. The van der Waals surface area contributed by atoms with Crippen molar-refractivity contribution in [3.05, 3.63) is 53.8 Å². The quantitative estimate of drug-likeness (QED) is 0.727. The lowest BCUT2D eigenvalue weighted by Gasteiger charge is -2.05. The summed E-state index contributed by atoms with van der Waals surface area (Å²) >= 11 is 0. The van der Waals surface area contributed by atoms with Gasteiger partial charge in [0.05, 0.1) is 11.9 Å². The summed E-state index contributed by atoms with van der Waals surface area (Å²) in [5.74, 6) is -0.100. The van der Waals surface area contributed by atoms with E-state index < -0.39 is 0 Å². The molecule has 0 bridgehead atoms. The Morgan fingerprint density at radius 3 is 3.14 bits per heavy atom. The molecular weight excluding hydrogens is 268 g/mol. The van der Waals surface area contributed by atoms with E-state index >= 15 is 0 Å². The zero-order valence-electron chi connectivity index (χ0n) is 11.7. The van der Waals surface area contributed by atoms with Gasteiger partial charge in [-0.1, -0.05) is 11.2 Å². The van der Waals surface area contributed by atoms with Crippen molar-refractivity contribution in [2.75, 3.05) is 6.54 Å². The molecule has 21 heavy (non-hydrogen) atoms. The van der Waals surface area contributed by atoms with Crippen LogP contribution in [0.1, 0.15) is 28.2 Å². The van der Waals surface area contributed by atoms with E-state index in [4.69, 9.17) is 4.52 Å². The fraction of sp³-hybridized carbons (Fsp3) is 0.267.